The van der Waals surface area contributed by atoms with E-state index in [9.17, 15) is 0 Å². The average molecular weight is 241 g/mol. The zero-order valence-corrected chi connectivity index (χ0v) is 8.66. The zero-order chi connectivity index (χ0) is 9.42. The summed E-state index contributed by atoms with van der Waals surface area (Å²) in [6.45, 7) is 0. The summed E-state index contributed by atoms with van der Waals surface area (Å²) in [5.74, 6) is 0.644. The number of rotatable bonds is 2. The highest BCUT2D eigenvalue weighted by molar-refractivity contribution is 9.10. The molecule has 1 aromatic rings. The van der Waals surface area contributed by atoms with Gasteiger partial charge in [0.05, 0.1) is 0 Å². The average Bonchev–Trinajstić information content (AvgIpc) is 2.87. The van der Waals surface area contributed by atoms with Crippen LogP contribution in [0.1, 0.15) is 24.3 Å². The van der Waals surface area contributed by atoms with Crippen molar-refractivity contribution in [1.82, 2.24) is 0 Å². The Balaban J connectivity index is 2.36. The fourth-order valence-electron chi connectivity index (χ4n) is 1.43. The molecule has 0 aromatic heterocycles. The zero-order valence-electron chi connectivity index (χ0n) is 7.07. The molecule has 0 unspecified atom stereocenters. The van der Waals surface area contributed by atoms with Crippen LogP contribution in [0.5, 0.6) is 0 Å². The van der Waals surface area contributed by atoms with E-state index in [0.717, 1.165) is 4.47 Å². The SMILES string of the molecule is OB(O)c1cc(C2CC2)ccc1Br. The Morgan fingerprint density at radius 3 is 2.54 bits per heavy atom. The normalized spacial score (nSPS) is 15.9. The van der Waals surface area contributed by atoms with Crippen LogP contribution in [0.3, 0.4) is 0 Å². The molecule has 2 N–H and O–H groups in total. The van der Waals surface area contributed by atoms with Crippen LogP contribution >= 0.6 is 15.9 Å². The lowest BCUT2D eigenvalue weighted by Gasteiger charge is -2.05. The van der Waals surface area contributed by atoms with Crippen LogP contribution in [0.25, 0.3) is 0 Å². The first-order valence-corrected chi connectivity index (χ1v) is 5.13. The molecule has 2 rings (SSSR count). The van der Waals surface area contributed by atoms with Gasteiger partial charge in [0, 0.05) is 4.47 Å². The molecule has 1 saturated carbocycles. The molecule has 4 heteroatoms. The number of hydrogen-bond donors (Lipinski definition) is 2. The van der Waals surface area contributed by atoms with E-state index >= 15 is 0 Å². The van der Waals surface area contributed by atoms with Crippen molar-refractivity contribution in [2.75, 3.05) is 0 Å². The summed E-state index contributed by atoms with van der Waals surface area (Å²) in [4.78, 5) is 0. The van der Waals surface area contributed by atoms with Crippen LogP contribution in [-0.4, -0.2) is 17.2 Å². The standard InChI is InChI=1S/C9H10BBrO2/c11-9-4-3-7(6-1-2-6)5-8(9)10(12)13/h3-6,12-13H,1-2H2. The quantitative estimate of drug-likeness (QED) is 0.758. The Morgan fingerprint density at radius 1 is 1.31 bits per heavy atom. The lowest BCUT2D eigenvalue weighted by molar-refractivity contribution is 0.425. The third-order valence-electron chi connectivity index (χ3n) is 2.35. The van der Waals surface area contributed by atoms with Crippen molar-refractivity contribution in [1.29, 1.82) is 0 Å². The summed E-state index contributed by atoms with van der Waals surface area (Å²) in [5.41, 5.74) is 1.77. The van der Waals surface area contributed by atoms with E-state index in [2.05, 4.69) is 15.9 Å². The van der Waals surface area contributed by atoms with Crippen molar-refractivity contribution in [3.8, 4) is 0 Å². The lowest BCUT2D eigenvalue weighted by atomic mass is 9.79. The Hall–Kier alpha value is -0.315. The summed E-state index contributed by atoms with van der Waals surface area (Å²) in [6.07, 6.45) is 2.45. The fraction of sp³-hybridized carbons (Fsp3) is 0.333. The van der Waals surface area contributed by atoms with Crippen molar-refractivity contribution >= 4 is 28.5 Å². The van der Waals surface area contributed by atoms with Gasteiger partial charge in [0.15, 0.2) is 0 Å². The largest absolute Gasteiger partial charge is 0.489 e. The van der Waals surface area contributed by atoms with Crippen LogP contribution in [0.4, 0.5) is 0 Å². The Morgan fingerprint density at radius 2 is 2.00 bits per heavy atom. The van der Waals surface area contributed by atoms with Gasteiger partial charge in [0.1, 0.15) is 0 Å². The molecular formula is C9H10BBrO2. The second-order valence-electron chi connectivity index (χ2n) is 3.43. The van der Waals surface area contributed by atoms with Crippen LogP contribution in [0.15, 0.2) is 22.7 Å². The maximum atomic E-state index is 9.06. The molecule has 68 valence electrons. The van der Waals surface area contributed by atoms with Gasteiger partial charge in [0.25, 0.3) is 0 Å². The highest BCUT2D eigenvalue weighted by Gasteiger charge is 2.25. The molecule has 0 saturated heterocycles. The van der Waals surface area contributed by atoms with Gasteiger partial charge in [-0.15, -0.1) is 0 Å². The summed E-state index contributed by atoms with van der Waals surface area (Å²) in [6, 6.07) is 5.78. The minimum absolute atomic E-state index is 0.560. The monoisotopic (exact) mass is 240 g/mol. The maximum Gasteiger partial charge on any atom is 0.489 e. The van der Waals surface area contributed by atoms with Crippen LogP contribution in [0, 0.1) is 0 Å². The van der Waals surface area contributed by atoms with E-state index in [1.165, 1.54) is 18.4 Å². The van der Waals surface area contributed by atoms with Gasteiger partial charge in [-0.05, 0) is 35.9 Å². The Bertz CT molecular complexity index is 323. The van der Waals surface area contributed by atoms with Crippen molar-refractivity contribution in [2.24, 2.45) is 0 Å². The Kier molecular flexibility index (Phi) is 2.45. The van der Waals surface area contributed by atoms with Crippen LogP contribution < -0.4 is 5.46 Å². The van der Waals surface area contributed by atoms with E-state index in [1.807, 2.05) is 18.2 Å². The van der Waals surface area contributed by atoms with Gasteiger partial charge in [-0.25, -0.2) is 0 Å². The second kappa shape index (κ2) is 3.44. The molecular weight excluding hydrogens is 231 g/mol. The van der Waals surface area contributed by atoms with E-state index in [-0.39, 0.29) is 0 Å². The lowest BCUT2D eigenvalue weighted by Crippen LogP contribution is -2.31. The molecule has 0 heterocycles. The second-order valence-corrected chi connectivity index (χ2v) is 4.28. The van der Waals surface area contributed by atoms with Gasteiger partial charge in [-0.1, -0.05) is 28.1 Å². The van der Waals surface area contributed by atoms with Crippen LogP contribution in [0.2, 0.25) is 0 Å². The van der Waals surface area contributed by atoms with Crippen LogP contribution in [-0.2, 0) is 0 Å². The van der Waals surface area contributed by atoms with E-state index in [0.29, 0.717) is 11.4 Å². The minimum atomic E-state index is -1.38. The third kappa shape index (κ3) is 1.95. The predicted molar refractivity (Wildman–Crippen MR) is 55.9 cm³/mol. The number of hydrogen-bond acceptors (Lipinski definition) is 2. The van der Waals surface area contributed by atoms with Crippen molar-refractivity contribution in [3.05, 3.63) is 28.2 Å². The number of benzene rings is 1. The first kappa shape index (κ1) is 9.25. The summed E-state index contributed by atoms with van der Waals surface area (Å²) in [7, 11) is -1.38. The fourth-order valence-corrected chi connectivity index (χ4v) is 1.88. The van der Waals surface area contributed by atoms with E-state index in [1.54, 1.807) is 0 Å². The molecule has 1 fully saturated rings. The van der Waals surface area contributed by atoms with Gasteiger partial charge in [0.2, 0.25) is 0 Å². The van der Waals surface area contributed by atoms with Crippen molar-refractivity contribution in [2.45, 2.75) is 18.8 Å². The van der Waals surface area contributed by atoms with Gasteiger partial charge in [-0.3, -0.25) is 0 Å². The van der Waals surface area contributed by atoms with Gasteiger partial charge < -0.3 is 10.0 Å². The highest BCUT2D eigenvalue weighted by Crippen LogP contribution is 2.39. The molecule has 0 atom stereocenters. The highest BCUT2D eigenvalue weighted by atomic mass is 79.9. The molecule has 0 radical (unpaired) electrons. The van der Waals surface area contributed by atoms with E-state index in [4.69, 9.17) is 10.0 Å². The topological polar surface area (TPSA) is 40.5 Å². The first-order chi connectivity index (χ1) is 6.18. The van der Waals surface area contributed by atoms with Crippen molar-refractivity contribution < 1.29 is 10.0 Å². The van der Waals surface area contributed by atoms with Gasteiger partial charge >= 0.3 is 7.12 Å². The molecule has 1 aliphatic rings. The molecule has 0 aliphatic heterocycles. The Labute approximate surface area is 85.9 Å². The first-order valence-electron chi connectivity index (χ1n) is 4.34. The maximum absolute atomic E-state index is 9.06. The molecule has 1 aromatic carbocycles. The summed E-state index contributed by atoms with van der Waals surface area (Å²) >= 11 is 3.28. The third-order valence-corrected chi connectivity index (χ3v) is 3.07. The molecule has 0 spiro atoms. The molecule has 0 amide bonds. The minimum Gasteiger partial charge on any atom is -0.423 e. The number of halogens is 1. The van der Waals surface area contributed by atoms with Crippen molar-refractivity contribution in [3.63, 3.8) is 0 Å². The molecule has 2 nitrogen and oxygen atoms in total. The van der Waals surface area contributed by atoms with Gasteiger partial charge in [-0.2, -0.15) is 0 Å². The molecule has 0 bridgehead atoms. The molecule has 1 aliphatic carbocycles. The summed E-state index contributed by atoms with van der Waals surface area (Å²) in [5, 5.41) is 18.1. The predicted octanol–water partition coefficient (Wildman–Crippen LogP) is 1.01. The molecule has 13 heavy (non-hydrogen) atoms. The van der Waals surface area contributed by atoms with E-state index < -0.39 is 7.12 Å². The summed E-state index contributed by atoms with van der Waals surface area (Å²) < 4.78 is 0.756. The smallest absolute Gasteiger partial charge is 0.423 e.